The monoisotopic (exact) mass is 180 g/mol. The zero-order valence-electron chi connectivity index (χ0n) is 7.10. The SMILES string of the molecule is NN[C@H](Cc1ccccc1)C(=O)O. The van der Waals surface area contributed by atoms with Gasteiger partial charge in [0.2, 0.25) is 0 Å². The molecule has 0 fully saturated rings. The molecule has 1 aromatic rings. The predicted octanol–water partition coefficient (Wildman–Crippen LogP) is 0.146. The largest absolute Gasteiger partial charge is 0.480 e. The first-order valence-electron chi connectivity index (χ1n) is 3.97. The second-order valence-electron chi connectivity index (χ2n) is 2.75. The maximum atomic E-state index is 10.6. The molecule has 0 aliphatic heterocycles. The van der Waals surface area contributed by atoms with Crippen molar-refractivity contribution < 1.29 is 9.90 Å². The topological polar surface area (TPSA) is 75.3 Å². The smallest absolute Gasteiger partial charge is 0.322 e. The van der Waals surface area contributed by atoms with E-state index in [1.807, 2.05) is 30.3 Å². The Balaban J connectivity index is 2.62. The lowest BCUT2D eigenvalue weighted by Crippen LogP contribution is -2.42. The fourth-order valence-corrected chi connectivity index (χ4v) is 1.07. The van der Waals surface area contributed by atoms with Gasteiger partial charge in [-0.05, 0) is 12.0 Å². The Kier molecular flexibility index (Phi) is 3.42. The molecule has 0 unspecified atom stereocenters. The number of carbonyl (C=O) groups is 1. The highest BCUT2D eigenvalue weighted by Gasteiger charge is 2.14. The predicted molar refractivity (Wildman–Crippen MR) is 48.9 cm³/mol. The Bertz CT molecular complexity index is 274. The molecule has 0 heterocycles. The van der Waals surface area contributed by atoms with Crippen LogP contribution in [0.1, 0.15) is 5.56 Å². The van der Waals surface area contributed by atoms with E-state index in [2.05, 4.69) is 5.43 Å². The van der Waals surface area contributed by atoms with Crippen LogP contribution in [-0.4, -0.2) is 17.1 Å². The summed E-state index contributed by atoms with van der Waals surface area (Å²) in [4.78, 5) is 10.6. The molecule has 4 N–H and O–H groups in total. The van der Waals surface area contributed by atoms with E-state index in [-0.39, 0.29) is 0 Å². The quantitative estimate of drug-likeness (QED) is 0.455. The third-order valence-corrected chi connectivity index (χ3v) is 1.78. The lowest BCUT2D eigenvalue weighted by Gasteiger charge is -2.09. The Morgan fingerprint density at radius 2 is 2.08 bits per heavy atom. The highest BCUT2D eigenvalue weighted by atomic mass is 16.4. The number of carboxylic acids is 1. The van der Waals surface area contributed by atoms with Gasteiger partial charge in [-0.3, -0.25) is 10.6 Å². The summed E-state index contributed by atoms with van der Waals surface area (Å²) in [5.74, 6) is 4.15. The minimum absolute atomic E-state index is 0.396. The van der Waals surface area contributed by atoms with Crippen molar-refractivity contribution in [3.63, 3.8) is 0 Å². The second kappa shape index (κ2) is 4.59. The Morgan fingerprint density at radius 3 is 2.54 bits per heavy atom. The standard InChI is InChI=1S/C9H12N2O2/c10-11-8(9(12)13)6-7-4-2-1-3-5-7/h1-5,8,11H,6,10H2,(H,12,13)/t8-/m1/s1. The minimum Gasteiger partial charge on any atom is -0.480 e. The first-order chi connectivity index (χ1) is 6.24. The highest BCUT2D eigenvalue weighted by molar-refractivity contribution is 5.73. The van der Waals surface area contributed by atoms with Crippen LogP contribution in [0.15, 0.2) is 30.3 Å². The van der Waals surface area contributed by atoms with Gasteiger partial charge in [0.1, 0.15) is 6.04 Å². The maximum absolute atomic E-state index is 10.6. The molecule has 0 amide bonds. The van der Waals surface area contributed by atoms with Crippen molar-refractivity contribution in [3.8, 4) is 0 Å². The van der Waals surface area contributed by atoms with Crippen LogP contribution < -0.4 is 11.3 Å². The summed E-state index contributed by atoms with van der Waals surface area (Å²) in [7, 11) is 0. The number of aliphatic carboxylic acids is 1. The fraction of sp³-hybridized carbons (Fsp3) is 0.222. The molecule has 0 saturated heterocycles. The molecule has 0 radical (unpaired) electrons. The molecule has 13 heavy (non-hydrogen) atoms. The van der Waals surface area contributed by atoms with Crippen molar-refractivity contribution in [3.05, 3.63) is 35.9 Å². The molecule has 0 spiro atoms. The summed E-state index contributed by atoms with van der Waals surface area (Å²) in [6.45, 7) is 0. The van der Waals surface area contributed by atoms with Crippen LogP contribution in [0.2, 0.25) is 0 Å². The zero-order chi connectivity index (χ0) is 9.68. The molecule has 0 aliphatic rings. The molecule has 1 aromatic carbocycles. The van der Waals surface area contributed by atoms with Crippen molar-refractivity contribution >= 4 is 5.97 Å². The number of hydrogen-bond acceptors (Lipinski definition) is 3. The van der Waals surface area contributed by atoms with Crippen molar-refractivity contribution in [1.82, 2.24) is 5.43 Å². The van der Waals surface area contributed by atoms with E-state index >= 15 is 0 Å². The third kappa shape index (κ3) is 2.85. The molecule has 0 aromatic heterocycles. The number of rotatable bonds is 4. The lowest BCUT2D eigenvalue weighted by atomic mass is 10.1. The number of hydrogen-bond donors (Lipinski definition) is 3. The molecular formula is C9H12N2O2. The number of carboxylic acid groups (broad SMARTS) is 1. The van der Waals surface area contributed by atoms with Gasteiger partial charge in [0.15, 0.2) is 0 Å². The molecule has 4 heteroatoms. The molecule has 0 saturated carbocycles. The van der Waals surface area contributed by atoms with Gasteiger partial charge in [0.05, 0.1) is 0 Å². The van der Waals surface area contributed by atoms with Gasteiger partial charge in [-0.2, -0.15) is 0 Å². The van der Waals surface area contributed by atoms with E-state index in [0.717, 1.165) is 5.56 Å². The third-order valence-electron chi connectivity index (χ3n) is 1.78. The highest BCUT2D eigenvalue weighted by Crippen LogP contribution is 2.02. The molecular weight excluding hydrogens is 168 g/mol. The summed E-state index contributed by atoms with van der Waals surface area (Å²) in [6, 6.07) is 8.63. The van der Waals surface area contributed by atoms with Crippen LogP contribution in [0.4, 0.5) is 0 Å². The average molecular weight is 180 g/mol. The van der Waals surface area contributed by atoms with E-state index in [1.165, 1.54) is 0 Å². The van der Waals surface area contributed by atoms with Crippen LogP contribution in [-0.2, 0) is 11.2 Å². The summed E-state index contributed by atoms with van der Waals surface area (Å²) >= 11 is 0. The molecule has 70 valence electrons. The van der Waals surface area contributed by atoms with Crippen molar-refractivity contribution in [2.24, 2.45) is 5.84 Å². The van der Waals surface area contributed by atoms with Gasteiger partial charge in [0.25, 0.3) is 0 Å². The summed E-state index contributed by atoms with van der Waals surface area (Å²) in [5, 5.41) is 8.69. The van der Waals surface area contributed by atoms with Crippen LogP contribution >= 0.6 is 0 Å². The zero-order valence-corrected chi connectivity index (χ0v) is 7.10. The second-order valence-corrected chi connectivity index (χ2v) is 2.75. The lowest BCUT2D eigenvalue weighted by molar-refractivity contribution is -0.139. The average Bonchev–Trinajstić information content (AvgIpc) is 2.15. The Hall–Kier alpha value is -1.39. The van der Waals surface area contributed by atoms with Crippen LogP contribution in [0.5, 0.6) is 0 Å². The van der Waals surface area contributed by atoms with Crippen LogP contribution in [0.3, 0.4) is 0 Å². The van der Waals surface area contributed by atoms with Gasteiger partial charge in [-0.1, -0.05) is 30.3 Å². The van der Waals surface area contributed by atoms with Crippen LogP contribution in [0, 0.1) is 0 Å². The summed E-state index contributed by atoms with van der Waals surface area (Å²) < 4.78 is 0. The molecule has 1 atom stereocenters. The van der Waals surface area contributed by atoms with Gasteiger partial charge >= 0.3 is 5.97 Å². The number of hydrazine groups is 1. The summed E-state index contributed by atoms with van der Waals surface area (Å²) in [6.07, 6.45) is 0.396. The molecule has 1 rings (SSSR count). The number of benzene rings is 1. The first-order valence-corrected chi connectivity index (χ1v) is 3.97. The Labute approximate surface area is 76.3 Å². The molecule has 0 bridgehead atoms. The molecule has 4 nitrogen and oxygen atoms in total. The normalized spacial score (nSPS) is 12.4. The van der Waals surface area contributed by atoms with Gasteiger partial charge < -0.3 is 5.11 Å². The Morgan fingerprint density at radius 1 is 1.46 bits per heavy atom. The van der Waals surface area contributed by atoms with Gasteiger partial charge in [0, 0.05) is 0 Å². The van der Waals surface area contributed by atoms with E-state index < -0.39 is 12.0 Å². The van der Waals surface area contributed by atoms with E-state index in [1.54, 1.807) is 0 Å². The van der Waals surface area contributed by atoms with Crippen molar-refractivity contribution in [2.45, 2.75) is 12.5 Å². The maximum Gasteiger partial charge on any atom is 0.322 e. The van der Waals surface area contributed by atoms with Gasteiger partial charge in [-0.15, -0.1) is 0 Å². The summed E-state index contributed by atoms with van der Waals surface area (Å²) in [5.41, 5.74) is 3.20. The van der Waals surface area contributed by atoms with E-state index in [0.29, 0.717) is 6.42 Å². The van der Waals surface area contributed by atoms with Crippen molar-refractivity contribution in [1.29, 1.82) is 0 Å². The van der Waals surface area contributed by atoms with E-state index in [4.69, 9.17) is 10.9 Å². The van der Waals surface area contributed by atoms with Gasteiger partial charge in [-0.25, -0.2) is 5.43 Å². The number of nitrogens with one attached hydrogen (secondary N) is 1. The first kappa shape index (κ1) is 9.70. The molecule has 0 aliphatic carbocycles. The van der Waals surface area contributed by atoms with Crippen LogP contribution in [0.25, 0.3) is 0 Å². The number of nitrogens with two attached hydrogens (primary N) is 1. The van der Waals surface area contributed by atoms with Crippen molar-refractivity contribution in [2.75, 3.05) is 0 Å². The van der Waals surface area contributed by atoms with E-state index in [9.17, 15) is 4.79 Å². The fourth-order valence-electron chi connectivity index (χ4n) is 1.07. The minimum atomic E-state index is -0.939.